The summed E-state index contributed by atoms with van der Waals surface area (Å²) in [7, 11) is 0. The van der Waals surface area contributed by atoms with Crippen LogP contribution in [-0.4, -0.2) is 41.3 Å². The quantitative estimate of drug-likeness (QED) is 0.372. The number of phenols is 1. The minimum absolute atomic E-state index is 0.00869. The summed E-state index contributed by atoms with van der Waals surface area (Å²) < 4.78 is 13.0. The van der Waals surface area contributed by atoms with Crippen LogP contribution in [0, 0.1) is 5.92 Å². The number of benzene rings is 2. The van der Waals surface area contributed by atoms with E-state index >= 15 is 0 Å². The van der Waals surface area contributed by atoms with Crippen LogP contribution in [0.2, 0.25) is 0 Å². The van der Waals surface area contributed by atoms with Crippen LogP contribution < -0.4 is 4.74 Å². The number of aromatic hydroxyl groups is 1. The van der Waals surface area contributed by atoms with E-state index in [0.717, 1.165) is 62.7 Å². The molecule has 3 aliphatic carbocycles. The first-order chi connectivity index (χ1) is 16.2. The van der Waals surface area contributed by atoms with E-state index in [1.54, 1.807) is 0 Å². The number of likely N-dealkylation sites (tertiary alicyclic amines) is 1. The zero-order valence-corrected chi connectivity index (χ0v) is 19.5. The van der Waals surface area contributed by atoms with Crippen molar-refractivity contribution in [1.29, 1.82) is 0 Å². The monoisotopic (exact) mass is 445 g/mol. The lowest BCUT2D eigenvalue weighted by Gasteiger charge is -2.65. The number of ether oxygens (including phenoxy) is 2. The van der Waals surface area contributed by atoms with Crippen molar-refractivity contribution < 1.29 is 14.6 Å². The summed E-state index contributed by atoms with van der Waals surface area (Å²) >= 11 is 0. The molecular formula is C29H35NO3. The number of phenolic OH excluding ortho intramolecular Hbond substituents is 1. The third-order valence-corrected chi connectivity index (χ3v) is 9.41. The Morgan fingerprint density at radius 1 is 1.06 bits per heavy atom. The summed E-state index contributed by atoms with van der Waals surface area (Å²) in [5.41, 5.74) is 3.98. The largest absolute Gasteiger partial charge is 0.504 e. The summed E-state index contributed by atoms with van der Waals surface area (Å²) in [6.07, 6.45) is 11.9. The fraction of sp³-hybridized carbons (Fsp3) is 0.586. The summed E-state index contributed by atoms with van der Waals surface area (Å²) in [6, 6.07) is 13.3. The third kappa shape index (κ3) is 3.10. The Kier molecular flexibility index (Phi) is 4.61. The molecular weight excluding hydrogens is 410 g/mol. The molecule has 2 aromatic rings. The number of piperidine rings is 1. The first kappa shape index (κ1) is 20.3. The molecule has 0 aromatic heterocycles. The van der Waals surface area contributed by atoms with Gasteiger partial charge in [0.15, 0.2) is 11.5 Å². The molecule has 4 nitrogen and oxygen atoms in total. The van der Waals surface area contributed by atoms with Gasteiger partial charge in [0, 0.05) is 30.2 Å². The highest BCUT2D eigenvalue weighted by Crippen LogP contribution is 2.66. The van der Waals surface area contributed by atoms with Gasteiger partial charge in [0.1, 0.15) is 0 Å². The second-order valence-electron chi connectivity index (χ2n) is 11.2. The van der Waals surface area contributed by atoms with Crippen molar-refractivity contribution in [3.8, 4) is 17.2 Å². The van der Waals surface area contributed by atoms with E-state index in [1.807, 2.05) is 0 Å². The highest BCUT2D eigenvalue weighted by atomic mass is 16.6. The molecule has 174 valence electrons. The van der Waals surface area contributed by atoms with Gasteiger partial charge in [0.2, 0.25) is 5.75 Å². The van der Waals surface area contributed by atoms with E-state index < -0.39 is 0 Å². The van der Waals surface area contributed by atoms with Gasteiger partial charge in [-0.25, -0.2) is 0 Å². The van der Waals surface area contributed by atoms with E-state index in [2.05, 4.69) is 41.3 Å². The third-order valence-electron chi connectivity index (χ3n) is 9.41. The molecule has 7 rings (SSSR count). The summed E-state index contributed by atoms with van der Waals surface area (Å²) in [5.74, 6) is 2.92. The second-order valence-corrected chi connectivity index (χ2v) is 11.2. The SMILES string of the molecule is Oc1cc2c(c3c1O3)C[C@H]1N(CC3CC3)CC[C@@]23CCCCC13OCCCc1ccccc1. The van der Waals surface area contributed by atoms with Crippen molar-refractivity contribution in [3.05, 3.63) is 53.1 Å². The van der Waals surface area contributed by atoms with Gasteiger partial charge in [0.05, 0.1) is 5.60 Å². The molecule has 2 saturated carbocycles. The van der Waals surface area contributed by atoms with E-state index in [-0.39, 0.29) is 11.0 Å². The Morgan fingerprint density at radius 2 is 1.91 bits per heavy atom. The Hall–Kier alpha value is -2.04. The molecule has 5 aliphatic rings. The van der Waals surface area contributed by atoms with Crippen LogP contribution in [0.4, 0.5) is 0 Å². The number of nitrogens with zero attached hydrogens (tertiary/aromatic N) is 1. The molecule has 1 N–H and O–H groups in total. The average Bonchev–Trinajstić information content (AvgIpc) is 3.75. The van der Waals surface area contributed by atoms with Gasteiger partial charge in [-0.15, -0.1) is 0 Å². The molecule has 3 atom stereocenters. The van der Waals surface area contributed by atoms with Crippen LogP contribution in [0.15, 0.2) is 36.4 Å². The van der Waals surface area contributed by atoms with Crippen LogP contribution in [-0.2, 0) is 23.0 Å². The predicted molar refractivity (Wildman–Crippen MR) is 128 cm³/mol. The fourth-order valence-corrected chi connectivity index (χ4v) is 7.67. The Labute approximate surface area is 196 Å². The van der Waals surface area contributed by atoms with Crippen LogP contribution >= 0.6 is 0 Å². The zero-order valence-electron chi connectivity index (χ0n) is 19.5. The fourth-order valence-electron chi connectivity index (χ4n) is 7.67. The summed E-state index contributed by atoms with van der Waals surface area (Å²) in [5, 5.41) is 10.6. The number of aryl methyl sites for hydroxylation is 1. The van der Waals surface area contributed by atoms with Crippen molar-refractivity contribution in [2.75, 3.05) is 19.7 Å². The van der Waals surface area contributed by atoms with Gasteiger partial charge in [-0.05, 0) is 81.0 Å². The standard InChI is InChI=1S/C29H35NO3/c31-24-18-23-22(26-27(24)33-26)17-25-29(32-16-6-9-20-7-2-1-3-8-20)13-5-4-12-28(23,29)14-15-30(25)19-21-10-11-21/h1-3,7-8,18,21,25,31H,4-6,9-17,19H2/t25-,28+,29?/m1/s1. The van der Waals surface area contributed by atoms with Gasteiger partial charge in [-0.3, -0.25) is 4.90 Å². The molecule has 3 fully saturated rings. The number of rotatable bonds is 7. The van der Waals surface area contributed by atoms with Gasteiger partial charge in [-0.2, -0.15) is 0 Å². The van der Waals surface area contributed by atoms with Crippen LogP contribution in [0.3, 0.4) is 0 Å². The molecule has 0 radical (unpaired) electrons. The van der Waals surface area contributed by atoms with Crippen molar-refractivity contribution >= 4 is 0 Å². The van der Waals surface area contributed by atoms with Crippen molar-refractivity contribution in [2.45, 2.75) is 81.3 Å². The lowest BCUT2D eigenvalue weighted by Crippen LogP contribution is -2.73. The summed E-state index contributed by atoms with van der Waals surface area (Å²) in [4.78, 5) is 2.79. The molecule has 4 heteroatoms. The summed E-state index contributed by atoms with van der Waals surface area (Å²) in [6.45, 7) is 3.20. The number of fused-ring (bicyclic) bond motifs is 3. The number of hydrogen-bond acceptors (Lipinski definition) is 4. The van der Waals surface area contributed by atoms with E-state index in [9.17, 15) is 5.11 Å². The Balaban J connectivity index is 1.24. The normalized spacial score (nSPS) is 31.8. The highest BCUT2D eigenvalue weighted by molar-refractivity contribution is 5.71. The smallest absolute Gasteiger partial charge is 0.211 e. The Morgan fingerprint density at radius 3 is 2.76 bits per heavy atom. The van der Waals surface area contributed by atoms with Crippen LogP contribution in [0.5, 0.6) is 17.2 Å². The van der Waals surface area contributed by atoms with Crippen LogP contribution in [0.25, 0.3) is 0 Å². The van der Waals surface area contributed by atoms with Crippen molar-refractivity contribution in [1.82, 2.24) is 4.90 Å². The van der Waals surface area contributed by atoms with Crippen molar-refractivity contribution in [3.63, 3.8) is 0 Å². The first-order valence-corrected chi connectivity index (χ1v) is 13.2. The van der Waals surface area contributed by atoms with E-state index in [4.69, 9.17) is 9.47 Å². The molecule has 33 heavy (non-hydrogen) atoms. The second kappa shape index (κ2) is 7.48. The molecule has 2 aromatic carbocycles. The molecule has 1 unspecified atom stereocenters. The zero-order chi connectivity index (χ0) is 22.0. The maximum Gasteiger partial charge on any atom is 0.211 e. The molecule has 1 saturated heterocycles. The van der Waals surface area contributed by atoms with Crippen LogP contribution in [0.1, 0.15) is 68.1 Å². The number of hydrogen-bond donors (Lipinski definition) is 1. The topological polar surface area (TPSA) is 45.2 Å². The predicted octanol–water partition coefficient (Wildman–Crippen LogP) is 5.74. The average molecular weight is 446 g/mol. The highest BCUT2D eigenvalue weighted by Gasteiger charge is 2.66. The molecule has 0 amide bonds. The van der Waals surface area contributed by atoms with Crippen molar-refractivity contribution in [2.24, 2.45) is 5.92 Å². The molecule has 0 spiro atoms. The first-order valence-electron chi connectivity index (χ1n) is 13.2. The molecule has 2 aliphatic heterocycles. The molecule has 2 bridgehead atoms. The minimum atomic E-state index is -0.141. The lowest BCUT2D eigenvalue weighted by molar-refractivity contribution is -0.201. The maximum atomic E-state index is 10.6. The molecule has 2 heterocycles. The minimum Gasteiger partial charge on any atom is -0.504 e. The van der Waals surface area contributed by atoms with Gasteiger partial charge in [-0.1, -0.05) is 43.2 Å². The van der Waals surface area contributed by atoms with Gasteiger partial charge in [0.25, 0.3) is 0 Å². The van der Waals surface area contributed by atoms with E-state index in [1.165, 1.54) is 55.3 Å². The van der Waals surface area contributed by atoms with Gasteiger partial charge < -0.3 is 14.6 Å². The van der Waals surface area contributed by atoms with Gasteiger partial charge >= 0.3 is 0 Å². The van der Waals surface area contributed by atoms with E-state index in [0.29, 0.717) is 11.8 Å². The Bertz CT molecular complexity index is 1060. The maximum absolute atomic E-state index is 10.6. The lowest BCUT2D eigenvalue weighted by atomic mass is 9.49.